The maximum absolute atomic E-state index is 12.2. The molecule has 122 valence electrons. The molecule has 0 saturated carbocycles. The molecule has 1 aliphatic rings. The first-order valence-corrected chi connectivity index (χ1v) is 8.20. The average molecular weight is 381 g/mol. The lowest BCUT2D eigenvalue weighted by atomic mass is 10.2. The first-order valence-electron chi connectivity index (χ1n) is 7.40. The van der Waals surface area contributed by atoms with Crippen LogP contribution in [0.2, 0.25) is 0 Å². The molecular formula is C16H17BrN2O4. The second kappa shape index (κ2) is 7.14. The third-order valence-corrected chi connectivity index (χ3v) is 4.13. The molecule has 1 aromatic heterocycles. The number of ether oxygens (including phenoxy) is 2. The number of hydrogen-bond acceptors (Lipinski definition) is 5. The van der Waals surface area contributed by atoms with E-state index in [4.69, 9.17) is 14.0 Å². The maximum atomic E-state index is 12.2. The molecule has 1 aliphatic heterocycles. The molecule has 2 heterocycles. The van der Waals surface area contributed by atoms with Gasteiger partial charge < -0.3 is 19.3 Å². The van der Waals surface area contributed by atoms with Crippen LogP contribution < -0.4 is 10.1 Å². The molecule has 1 aromatic carbocycles. The number of carbonyl (C=O) groups is 1. The van der Waals surface area contributed by atoms with Gasteiger partial charge in [0.25, 0.3) is 5.91 Å². The highest BCUT2D eigenvalue weighted by molar-refractivity contribution is 9.10. The summed E-state index contributed by atoms with van der Waals surface area (Å²) in [5, 5.41) is 6.41. The molecule has 23 heavy (non-hydrogen) atoms. The third kappa shape index (κ3) is 4.11. The molecule has 1 fully saturated rings. The predicted molar refractivity (Wildman–Crippen MR) is 87.8 cm³/mol. The lowest BCUT2D eigenvalue weighted by Gasteiger charge is -2.13. The fraction of sp³-hybridized carbons (Fsp3) is 0.375. The van der Waals surface area contributed by atoms with E-state index in [0.29, 0.717) is 29.5 Å². The van der Waals surface area contributed by atoms with E-state index in [1.54, 1.807) is 31.2 Å². The number of amides is 1. The van der Waals surface area contributed by atoms with Crippen molar-refractivity contribution in [1.29, 1.82) is 0 Å². The Kier molecular flexibility index (Phi) is 4.97. The van der Waals surface area contributed by atoms with Crippen molar-refractivity contribution in [1.82, 2.24) is 5.16 Å². The summed E-state index contributed by atoms with van der Waals surface area (Å²) < 4.78 is 16.9. The van der Waals surface area contributed by atoms with Gasteiger partial charge >= 0.3 is 0 Å². The molecular weight excluding hydrogens is 364 g/mol. The summed E-state index contributed by atoms with van der Waals surface area (Å²) in [5.74, 6) is 1.46. The lowest BCUT2D eigenvalue weighted by Crippen LogP contribution is -2.16. The van der Waals surface area contributed by atoms with Gasteiger partial charge in [-0.05, 0) is 53.9 Å². The normalized spacial score (nSPS) is 17.2. The number of benzene rings is 1. The highest BCUT2D eigenvalue weighted by Crippen LogP contribution is 2.27. The zero-order valence-corrected chi connectivity index (χ0v) is 14.3. The van der Waals surface area contributed by atoms with Gasteiger partial charge in [0.05, 0.1) is 10.6 Å². The third-order valence-electron chi connectivity index (χ3n) is 3.51. The molecule has 1 amide bonds. The number of nitrogens with one attached hydrogen (secondary N) is 1. The number of rotatable bonds is 5. The van der Waals surface area contributed by atoms with Crippen molar-refractivity contribution >= 4 is 27.7 Å². The summed E-state index contributed by atoms with van der Waals surface area (Å²) in [4.78, 5) is 12.2. The minimum absolute atomic E-state index is 0.153. The van der Waals surface area contributed by atoms with Crippen molar-refractivity contribution in [2.75, 3.05) is 18.5 Å². The number of anilines is 1. The monoisotopic (exact) mass is 380 g/mol. The Balaban J connectivity index is 1.62. The molecule has 1 atom stereocenters. The Morgan fingerprint density at radius 2 is 2.35 bits per heavy atom. The van der Waals surface area contributed by atoms with Crippen LogP contribution in [0.25, 0.3) is 0 Å². The van der Waals surface area contributed by atoms with Crippen LogP contribution in [0.1, 0.15) is 29.0 Å². The Bertz CT molecular complexity index is 695. The Morgan fingerprint density at radius 1 is 1.48 bits per heavy atom. The molecule has 0 spiro atoms. The van der Waals surface area contributed by atoms with Crippen LogP contribution in [0.5, 0.6) is 5.75 Å². The van der Waals surface area contributed by atoms with Crippen molar-refractivity contribution in [3.8, 4) is 5.75 Å². The number of nitrogens with zero attached hydrogens (tertiary/aromatic N) is 1. The van der Waals surface area contributed by atoms with E-state index in [1.807, 2.05) is 0 Å². The minimum Gasteiger partial charge on any atom is -0.490 e. The van der Waals surface area contributed by atoms with Crippen molar-refractivity contribution < 1.29 is 18.8 Å². The SMILES string of the molecule is Cc1cc(NC(=O)c2ccc(OCC3CCCO3)c(Br)c2)no1. The van der Waals surface area contributed by atoms with Crippen molar-refractivity contribution in [3.05, 3.63) is 40.1 Å². The van der Waals surface area contributed by atoms with Gasteiger partial charge in [-0.2, -0.15) is 0 Å². The molecule has 7 heteroatoms. The van der Waals surface area contributed by atoms with Gasteiger partial charge in [0.15, 0.2) is 5.82 Å². The van der Waals surface area contributed by atoms with Crippen molar-refractivity contribution in [2.45, 2.75) is 25.9 Å². The van der Waals surface area contributed by atoms with Gasteiger partial charge in [0.1, 0.15) is 18.1 Å². The van der Waals surface area contributed by atoms with E-state index in [9.17, 15) is 4.79 Å². The van der Waals surface area contributed by atoms with E-state index in [0.717, 1.165) is 23.9 Å². The van der Waals surface area contributed by atoms with Gasteiger partial charge in [0.2, 0.25) is 0 Å². The van der Waals surface area contributed by atoms with Gasteiger partial charge in [-0.1, -0.05) is 5.16 Å². The van der Waals surface area contributed by atoms with E-state index < -0.39 is 0 Å². The Labute approximate surface area is 142 Å². The van der Waals surface area contributed by atoms with E-state index in [1.165, 1.54) is 0 Å². The number of aryl methyl sites for hydroxylation is 1. The zero-order valence-electron chi connectivity index (χ0n) is 12.7. The van der Waals surface area contributed by atoms with E-state index in [2.05, 4.69) is 26.4 Å². The van der Waals surface area contributed by atoms with Crippen molar-refractivity contribution in [2.24, 2.45) is 0 Å². The quantitative estimate of drug-likeness (QED) is 0.858. The second-order valence-electron chi connectivity index (χ2n) is 5.37. The summed E-state index contributed by atoms with van der Waals surface area (Å²) in [6.07, 6.45) is 2.26. The molecule has 0 aliphatic carbocycles. The van der Waals surface area contributed by atoms with E-state index in [-0.39, 0.29) is 12.0 Å². The number of carbonyl (C=O) groups excluding carboxylic acids is 1. The first-order chi connectivity index (χ1) is 11.1. The van der Waals surface area contributed by atoms with Crippen molar-refractivity contribution in [3.63, 3.8) is 0 Å². The molecule has 1 saturated heterocycles. The largest absolute Gasteiger partial charge is 0.490 e. The summed E-state index contributed by atoms with van der Waals surface area (Å²) in [6, 6.07) is 6.85. The molecule has 2 aromatic rings. The molecule has 0 bridgehead atoms. The lowest BCUT2D eigenvalue weighted by molar-refractivity contribution is 0.0677. The molecule has 3 rings (SSSR count). The summed E-state index contributed by atoms with van der Waals surface area (Å²) in [6.45, 7) is 3.08. The number of hydrogen-bond donors (Lipinski definition) is 1. The zero-order chi connectivity index (χ0) is 16.2. The predicted octanol–water partition coefficient (Wildman–Crippen LogP) is 3.56. The smallest absolute Gasteiger partial charge is 0.256 e. The average Bonchev–Trinajstić information content (AvgIpc) is 3.17. The highest BCUT2D eigenvalue weighted by atomic mass is 79.9. The van der Waals surface area contributed by atoms with Crippen LogP contribution in [0.15, 0.2) is 33.3 Å². The van der Waals surface area contributed by atoms with Gasteiger partial charge in [0, 0.05) is 18.2 Å². The van der Waals surface area contributed by atoms with Gasteiger partial charge in [-0.25, -0.2) is 0 Å². The molecule has 1 unspecified atom stereocenters. The van der Waals surface area contributed by atoms with Crippen LogP contribution in [-0.2, 0) is 4.74 Å². The van der Waals surface area contributed by atoms with Crippen LogP contribution >= 0.6 is 15.9 Å². The minimum atomic E-state index is -0.260. The molecule has 6 nitrogen and oxygen atoms in total. The summed E-state index contributed by atoms with van der Waals surface area (Å²) in [5.41, 5.74) is 0.502. The number of halogens is 1. The van der Waals surface area contributed by atoms with Crippen LogP contribution in [0, 0.1) is 6.92 Å². The fourth-order valence-corrected chi connectivity index (χ4v) is 2.82. The topological polar surface area (TPSA) is 73.6 Å². The van der Waals surface area contributed by atoms with Crippen LogP contribution in [-0.4, -0.2) is 30.4 Å². The summed E-state index contributed by atoms with van der Waals surface area (Å²) >= 11 is 3.43. The number of aromatic nitrogens is 1. The van der Waals surface area contributed by atoms with Crippen LogP contribution in [0.3, 0.4) is 0 Å². The first kappa shape index (κ1) is 16.0. The van der Waals surface area contributed by atoms with Gasteiger partial charge in [-0.15, -0.1) is 0 Å². The molecule has 1 N–H and O–H groups in total. The van der Waals surface area contributed by atoms with Crippen LogP contribution in [0.4, 0.5) is 5.82 Å². The van der Waals surface area contributed by atoms with E-state index >= 15 is 0 Å². The standard InChI is InChI=1S/C16H17BrN2O4/c1-10-7-15(19-23-10)18-16(20)11-4-5-14(13(17)8-11)22-9-12-3-2-6-21-12/h4-5,7-8,12H,2-3,6,9H2,1H3,(H,18,19,20). The maximum Gasteiger partial charge on any atom is 0.256 e. The second-order valence-corrected chi connectivity index (χ2v) is 6.22. The van der Waals surface area contributed by atoms with Gasteiger partial charge in [-0.3, -0.25) is 4.79 Å². The Morgan fingerprint density at radius 3 is 3.00 bits per heavy atom. The molecule has 0 radical (unpaired) electrons. The fourth-order valence-electron chi connectivity index (χ4n) is 2.33. The summed E-state index contributed by atoms with van der Waals surface area (Å²) in [7, 11) is 0. The Hall–Kier alpha value is -1.86. The highest BCUT2D eigenvalue weighted by Gasteiger charge is 2.17.